The second kappa shape index (κ2) is 7.90. The lowest BCUT2D eigenvalue weighted by atomic mass is 10.2. The number of amides is 1. The fourth-order valence-corrected chi connectivity index (χ4v) is 5.17. The van der Waals surface area contributed by atoms with Crippen LogP contribution in [0.5, 0.6) is 5.75 Å². The van der Waals surface area contributed by atoms with Crippen LogP contribution in [0, 0.1) is 11.6 Å². The molecule has 0 spiro atoms. The van der Waals surface area contributed by atoms with Gasteiger partial charge in [0.2, 0.25) is 0 Å². The van der Waals surface area contributed by atoms with Gasteiger partial charge >= 0.3 is 0 Å². The van der Waals surface area contributed by atoms with Gasteiger partial charge < -0.3 is 10.1 Å². The third kappa shape index (κ3) is 4.21. The van der Waals surface area contributed by atoms with Gasteiger partial charge in [0.05, 0.1) is 10.3 Å². The number of ether oxygens (including phenoxy) is 1. The van der Waals surface area contributed by atoms with Gasteiger partial charge in [-0.05, 0) is 18.2 Å². The maximum atomic E-state index is 13.5. The summed E-state index contributed by atoms with van der Waals surface area (Å²) in [6, 6.07) is 10.6. The first kappa shape index (κ1) is 17.1. The van der Waals surface area contributed by atoms with Crippen molar-refractivity contribution in [2.24, 2.45) is 0 Å². The van der Waals surface area contributed by atoms with E-state index in [0.717, 1.165) is 29.2 Å². The Bertz CT molecular complexity index is 736. The largest absolute Gasteiger partial charge is 0.483 e. The molecule has 0 atom stereocenters. The van der Waals surface area contributed by atoms with Gasteiger partial charge in [-0.15, -0.1) is 23.5 Å². The van der Waals surface area contributed by atoms with Crippen LogP contribution in [0.2, 0.25) is 0 Å². The maximum Gasteiger partial charge on any atom is 0.262 e. The minimum absolute atomic E-state index is 0.0693. The number of thioether (sulfide) groups is 2. The van der Waals surface area contributed by atoms with Crippen molar-refractivity contribution in [2.75, 3.05) is 23.4 Å². The summed E-state index contributed by atoms with van der Waals surface area (Å²) < 4.78 is 32.3. The second-order valence-electron chi connectivity index (χ2n) is 5.07. The Labute approximate surface area is 147 Å². The molecule has 1 aliphatic rings. The average Bonchev–Trinajstić information content (AvgIpc) is 3.10. The van der Waals surface area contributed by atoms with Gasteiger partial charge in [0.15, 0.2) is 6.61 Å². The molecule has 0 radical (unpaired) electrons. The van der Waals surface area contributed by atoms with Crippen molar-refractivity contribution in [1.29, 1.82) is 0 Å². The van der Waals surface area contributed by atoms with E-state index in [4.69, 9.17) is 4.74 Å². The molecule has 1 aliphatic heterocycles. The highest BCUT2D eigenvalue weighted by Gasteiger charge is 2.22. The van der Waals surface area contributed by atoms with E-state index in [9.17, 15) is 13.6 Å². The van der Waals surface area contributed by atoms with Crippen LogP contribution in [-0.4, -0.2) is 24.0 Å². The van der Waals surface area contributed by atoms with E-state index in [-0.39, 0.29) is 12.3 Å². The van der Waals surface area contributed by atoms with Gasteiger partial charge in [0, 0.05) is 23.1 Å². The monoisotopic (exact) mass is 367 g/mol. The smallest absolute Gasteiger partial charge is 0.262 e. The summed E-state index contributed by atoms with van der Waals surface area (Å²) in [7, 11) is 0. The molecule has 1 fully saturated rings. The van der Waals surface area contributed by atoms with Gasteiger partial charge in [0.1, 0.15) is 17.4 Å². The van der Waals surface area contributed by atoms with E-state index >= 15 is 0 Å². The number of carbonyl (C=O) groups excluding carboxylic acids is 1. The Balaban J connectivity index is 1.62. The number of benzene rings is 2. The minimum Gasteiger partial charge on any atom is -0.483 e. The van der Waals surface area contributed by atoms with Crippen LogP contribution in [0.4, 0.5) is 14.5 Å². The Morgan fingerprint density at radius 1 is 1.17 bits per heavy atom. The molecule has 3 nitrogen and oxygen atoms in total. The Morgan fingerprint density at radius 2 is 1.92 bits per heavy atom. The van der Waals surface area contributed by atoms with E-state index in [1.54, 1.807) is 0 Å². The molecule has 0 saturated carbocycles. The predicted molar refractivity (Wildman–Crippen MR) is 94.6 cm³/mol. The van der Waals surface area contributed by atoms with Crippen molar-refractivity contribution < 1.29 is 18.3 Å². The molecule has 0 unspecified atom stereocenters. The molecule has 2 aromatic carbocycles. The summed E-state index contributed by atoms with van der Waals surface area (Å²) in [4.78, 5) is 11.9. The normalized spacial score (nSPS) is 14.6. The standard InChI is InChI=1S/C17H15F2NO2S2/c18-11-5-6-14(13(19)9-11)20-16(21)10-22-15-4-2-1-3-12(15)17-23-7-8-24-17/h1-6,9,17H,7-8,10H2,(H,20,21). The van der Waals surface area contributed by atoms with Crippen molar-refractivity contribution in [3.63, 3.8) is 0 Å². The van der Waals surface area contributed by atoms with Crippen LogP contribution in [0.1, 0.15) is 10.1 Å². The minimum atomic E-state index is -0.817. The number of anilines is 1. The highest BCUT2D eigenvalue weighted by atomic mass is 32.2. The summed E-state index contributed by atoms with van der Waals surface area (Å²) in [6.45, 7) is -0.240. The van der Waals surface area contributed by atoms with Crippen LogP contribution in [0.3, 0.4) is 0 Å². The van der Waals surface area contributed by atoms with E-state index in [0.29, 0.717) is 10.3 Å². The zero-order valence-electron chi connectivity index (χ0n) is 12.6. The highest BCUT2D eigenvalue weighted by Crippen LogP contribution is 2.48. The van der Waals surface area contributed by atoms with Crippen molar-refractivity contribution in [3.8, 4) is 5.75 Å². The first-order valence-electron chi connectivity index (χ1n) is 7.33. The van der Waals surface area contributed by atoms with E-state index in [1.807, 2.05) is 47.8 Å². The topological polar surface area (TPSA) is 38.3 Å². The zero-order valence-corrected chi connectivity index (χ0v) is 14.3. The summed E-state index contributed by atoms with van der Waals surface area (Å²) in [6.07, 6.45) is 0. The fraction of sp³-hybridized carbons (Fsp3) is 0.235. The highest BCUT2D eigenvalue weighted by molar-refractivity contribution is 8.19. The summed E-state index contributed by atoms with van der Waals surface area (Å²) in [5.41, 5.74) is 0.978. The number of para-hydroxylation sites is 1. The van der Waals surface area contributed by atoms with E-state index in [2.05, 4.69) is 5.32 Å². The number of hydrogen-bond acceptors (Lipinski definition) is 4. The molecule has 24 heavy (non-hydrogen) atoms. The van der Waals surface area contributed by atoms with Crippen LogP contribution in [0.15, 0.2) is 42.5 Å². The second-order valence-corrected chi connectivity index (χ2v) is 7.80. The summed E-state index contributed by atoms with van der Waals surface area (Å²) >= 11 is 3.69. The van der Waals surface area contributed by atoms with Crippen LogP contribution >= 0.6 is 23.5 Å². The SMILES string of the molecule is O=C(COc1ccccc1C1SCCS1)Nc1ccc(F)cc1F. The lowest BCUT2D eigenvalue weighted by Gasteiger charge is -2.15. The van der Waals surface area contributed by atoms with Gasteiger partial charge in [-0.3, -0.25) is 4.79 Å². The molecule has 1 heterocycles. The molecule has 0 bridgehead atoms. The van der Waals surface area contributed by atoms with Crippen molar-refractivity contribution in [1.82, 2.24) is 0 Å². The van der Waals surface area contributed by atoms with Gasteiger partial charge in [-0.1, -0.05) is 18.2 Å². The Hall–Kier alpha value is -1.73. The third-order valence-electron chi connectivity index (χ3n) is 3.36. The summed E-state index contributed by atoms with van der Waals surface area (Å²) in [5, 5.41) is 2.38. The summed E-state index contributed by atoms with van der Waals surface area (Å²) in [5.74, 6) is 0.827. The molecule has 126 valence electrons. The average molecular weight is 367 g/mol. The Morgan fingerprint density at radius 3 is 2.67 bits per heavy atom. The number of nitrogens with one attached hydrogen (secondary N) is 1. The number of halogens is 2. The third-order valence-corrected chi connectivity index (χ3v) is 6.43. The molecule has 0 aliphatic carbocycles. The fourth-order valence-electron chi connectivity index (χ4n) is 2.27. The molecule has 7 heteroatoms. The van der Waals surface area contributed by atoms with Crippen LogP contribution in [0.25, 0.3) is 0 Å². The van der Waals surface area contributed by atoms with E-state index in [1.165, 1.54) is 6.07 Å². The van der Waals surface area contributed by atoms with Crippen LogP contribution < -0.4 is 10.1 Å². The Kier molecular flexibility index (Phi) is 5.63. The molecule has 1 saturated heterocycles. The molecule has 2 aromatic rings. The number of rotatable bonds is 5. The molecule has 1 amide bonds. The van der Waals surface area contributed by atoms with Crippen LogP contribution in [-0.2, 0) is 4.79 Å². The number of hydrogen-bond donors (Lipinski definition) is 1. The quantitative estimate of drug-likeness (QED) is 0.847. The lowest BCUT2D eigenvalue weighted by molar-refractivity contribution is -0.118. The molecular formula is C17H15F2NO2S2. The first-order chi connectivity index (χ1) is 11.6. The number of carbonyl (C=O) groups is 1. The molecular weight excluding hydrogens is 352 g/mol. The predicted octanol–water partition coefficient (Wildman–Crippen LogP) is 4.46. The molecule has 0 aromatic heterocycles. The lowest BCUT2D eigenvalue weighted by Crippen LogP contribution is -2.21. The van der Waals surface area contributed by atoms with E-state index < -0.39 is 17.5 Å². The van der Waals surface area contributed by atoms with Gasteiger partial charge in [-0.2, -0.15) is 0 Å². The van der Waals surface area contributed by atoms with Crippen molar-refractivity contribution >= 4 is 35.1 Å². The molecule has 3 rings (SSSR count). The van der Waals surface area contributed by atoms with Gasteiger partial charge in [0.25, 0.3) is 5.91 Å². The molecule has 1 N–H and O–H groups in total. The van der Waals surface area contributed by atoms with Crippen molar-refractivity contribution in [2.45, 2.75) is 4.58 Å². The maximum absolute atomic E-state index is 13.5. The van der Waals surface area contributed by atoms with Crippen molar-refractivity contribution in [3.05, 3.63) is 59.7 Å². The zero-order chi connectivity index (χ0) is 16.9. The van der Waals surface area contributed by atoms with Gasteiger partial charge in [-0.25, -0.2) is 8.78 Å². The first-order valence-corrected chi connectivity index (χ1v) is 9.43.